The molecule has 0 spiro atoms. The molecule has 0 saturated carbocycles. The van der Waals surface area contributed by atoms with Gasteiger partial charge in [-0.25, -0.2) is 4.39 Å². The lowest BCUT2D eigenvalue weighted by molar-refractivity contribution is 0.627. The summed E-state index contributed by atoms with van der Waals surface area (Å²) >= 11 is 0. The number of nitrogens with zero attached hydrogens (tertiary/aromatic N) is 1. The van der Waals surface area contributed by atoms with Crippen molar-refractivity contribution in [2.45, 2.75) is 20.3 Å². The van der Waals surface area contributed by atoms with Gasteiger partial charge in [-0.1, -0.05) is 19.9 Å². The zero-order valence-corrected chi connectivity index (χ0v) is 10.6. The fourth-order valence-corrected chi connectivity index (χ4v) is 1.94. The van der Waals surface area contributed by atoms with E-state index < -0.39 is 0 Å². The van der Waals surface area contributed by atoms with Gasteiger partial charge >= 0.3 is 0 Å². The molecule has 0 atom stereocenters. The molecule has 18 heavy (non-hydrogen) atoms. The summed E-state index contributed by atoms with van der Waals surface area (Å²) in [6.07, 6.45) is 2.46. The molecular formula is C15H16FNO. The summed E-state index contributed by atoms with van der Waals surface area (Å²) in [6.45, 7) is 4.16. The molecule has 0 N–H and O–H groups in total. The van der Waals surface area contributed by atoms with Crippen molar-refractivity contribution in [3.8, 4) is 5.69 Å². The van der Waals surface area contributed by atoms with Crippen molar-refractivity contribution in [2.24, 2.45) is 5.92 Å². The van der Waals surface area contributed by atoms with Crippen molar-refractivity contribution in [1.82, 2.24) is 4.57 Å². The predicted molar refractivity (Wildman–Crippen MR) is 70.5 cm³/mol. The Morgan fingerprint density at radius 1 is 1.17 bits per heavy atom. The molecule has 0 saturated heterocycles. The number of hydrogen-bond donors (Lipinski definition) is 0. The number of aromatic nitrogens is 1. The van der Waals surface area contributed by atoms with Gasteiger partial charge in [0.05, 0.1) is 0 Å². The maximum atomic E-state index is 12.9. The van der Waals surface area contributed by atoms with Gasteiger partial charge in [-0.2, -0.15) is 0 Å². The SMILES string of the molecule is CC(C)Cc1cccn(-c2ccc(F)cc2)c1=O. The third kappa shape index (κ3) is 2.67. The molecule has 0 fully saturated rings. The van der Waals surface area contributed by atoms with Crippen molar-refractivity contribution in [3.63, 3.8) is 0 Å². The summed E-state index contributed by atoms with van der Waals surface area (Å²) in [5, 5.41) is 0. The molecule has 1 heterocycles. The van der Waals surface area contributed by atoms with Gasteiger partial charge < -0.3 is 0 Å². The lowest BCUT2D eigenvalue weighted by Gasteiger charge is -2.09. The van der Waals surface area contributed by atoms with E-state index in [4.69, 9.17) is 0 Å². The Hall–Kier alpha value is -1.90. The third-order valence-corrected chi connectivity index (χ3v) is 2.76. The lowest BCUT2D eigenvalue weighted by Crippen LogP contribution is -2.22. The summed E-state index contributed by atoms with van der Waals surface area (Å²) in [4.78, 5) is 12.3. The van der Waals surface area contributed by atoms with Gasteiger partial charge in [0.1, 0.15) is 5.82 Å². The van der Waals surface area contributed by atoms with Crippen LogP contribution >= 0.6 is 0 Å². The lowest BCUT2D eigenvalue weighted by atomic mass is 10.0. The predicted octanol–water partition coefficient (Wildman–Crippen LogP) is 3.18. The Morgan fingerprint density at radius 2 is 1.83 bits per heavy atom. The number of pyridine rings is 1. The van der Waals surface area contributed by atoms with Gasteiger partial charge in [0.2, 0.25) is 0 Å². The zero-order chi connectivity index (χ0) is 13.1. The number of benzene rings is 1. The first-order valence-corrected chi connectivity index (χ1v) is 6.04. The van der Waals surface area contributed by atoms with E-state index in [2.05, 4.69) is 13.8 Å². The Kier molecular flexibility index (Phi) is 3.60. The van der Waals surface area contributed by atoms with E-state index in [-0.39, 0.29) is 11.4 Å². The van der Waals surface area contributed by atoms with E-state index in [1.807, 2.05) is 12.1 Å². The Labute approximate surface area is 106 Å². The highest BCUT2D eigenvalue weighted by atomic mass is 19.1. The molecule has 1 aromatic carbocycles. The van der Waals surface area contributed by atoms with Crippen LogP contribution in [-0.2, 0) is 6.42 Å². The van der Waals surface area contributed by atoms with Crippen LogP contribution in [0.4, 0.5) is 4.39 Å². The molecule has 0 aliphatic heterocycles. The molecular weight excluding hydrogens is 229 g/mol. The Bertz CT molecular complexity index is 584. The summed E-state index contributed by atoms with van der Waals surface area (Å²) in [5.41, 5.74) is 1.45. The first-order chi connectivity index (χ1) is 8.58. The standard InChI is InChI=1S/C15H16FNO/c1-11(2)10-12-4-3-9-17(15(12)18)14-7-5-13(16)6-8-14/h3-9,11H,10H2,1-2H3. The fraction of sp³-hybridized carbons (Fsp3) is 0.267. The molecule has 1 aromatic heterocycles. The maximum Gasteiger partial charge on any atom is 0.258 e. The van der Waals surface area contributed by atoms with Crippen molar-refractivity contribution in [1.29, 1.82) is 0 Å². The van der Waals surface area contributed by atoms with E-state index in [9.17, 15) is 9.18 Å². The van der Waals surface area contributed by atoms with Crippen molar-refractivity contribution >= 4 is 0 Å². The molecule has 0 unspecified atom stereocenters. The molecule has 0 radical (unpaired) electrons. The Balaban J connectivity index is 2.46. The fourth-order valence-electron chi connectivity index (χ4n) is 1.94. The summed E-state index contributed by atoms with van der Waals surface area (Å²) in [7, 11) is 0. The smallest absolute Gasteiger partial charge is 0.258 e. The van der Waals surface area contributed by atoms with Gasteiger partial charge in [0.25, 0.3) is 5.56 Å². The van der Waals surface area contributed by atoms with Gasteiger partial charge in [-0.15, -0.1) is 0 Å². The van der Waals surface area contributed by atoms with Crippen LogP contribution in [-0.4, -0.2) is 4.57 Å². The summed E-state index contributed by atoms with van der Waals surface area (Å²) < 4.78 is 14.4. The first kappa shape index (κ1) is 12.6. The van der Waals surface area contributed by atoms with E-state index in [0.29, 0.717) is 11.6 Å². The molecule has 0 aliphatic rings. The second-order valence-electron chi connectivity index (χ2n) is 4.78. The van der Waals surface area contributed by atoms with Crippen LogP contribution < -0.4 is 5.56 Å². The van der Waals surface area contributed by atoms with Crippen LogP contribution in [0.1, 0.15) is 19.4 Å². The molecule has 0 aliphatic carbocycles. The summed E-state index contributed by atoms with van der Waals surface area (Å²) in [6, 6.07) is 9.63. The second-order valence-corrected chi connectivity index (χ2v) is 4.78. The minimum atomic E-state index is -0.301. The molecule has 2 nitrogen and oxygen atoms in total. The van der Waals surface area contributed by atoms with Gasteiger partial charge in [-0.05, 0) is 42.7 Å². The minimum absolute atomic E-state index is 0.0298. The highest BCUT2D eigenvalue weighted by molar-refractivity contribution is 5.33. The van der Waals surface area contributed by atoms with Crippen LogP contribution in [0.15, 0.2) is 47.4 Å². The van der Waals surface area contributed by atoms with Gasteiger partial charge in [0, 0.05) is 17.4 Å². The minimum Gasteiger partial charge on any atom is -0.284 e. The average molecular weight is 245 g/mol. The first-order valence-electron chi connectivity index (χ1n) is 6.04. The van der Waals surface area contributed by atoms with E-state index in [1.165, 1.54) is 12.1 Å². The van der Waals surface area contributed by atoms with Crippen LogP contribution in [0, 0.1) is 11.7 Å². The second kappa shape index (κ2) is 5.17. The van der Waals surface area contributed by atoms with Crippen LogP contribution in [0.2, 0.25) is 0 Å². The quantitative estimate of drug-likeness (QED) is 0.814. The molecule has 2 rings (SSSR count). The normalized spacial score (nSPS) is 10.9. The molecule has 3 heteroatoms. The summed E-state index contributed by atoms with van der Waals surface area (Å²) in [5.74, 6) is 0.131. The molecule has 0 amide bonds. The molecule has 2 aromatic rings. The topological polar surface area (TPSA) is 22.0 Å². The number of rotatable bonds is 3. The third-order valence-electron chi connectivity index (χ3n) is 2.76. The zero-order valence-electron chi connectivity index (χ0n) is 10.6. The van der Waals surface area contributed by atoms with E-state index in [1.54, 1.807) is 22.9 Å². The highest BCUT2D eigenvalue weighted by Crippen LogP contribution is 2.09. The van der Waals surface area contributed by atoms with Crippen LogP contribution in [0.3, 0.4) is 0 Å². The van der Waals surface area contributed by atoms with Crippen molar-refractivity contribution in [2.75, 3.05) is 0 Å². The van der Waals surface area contributed by atoms with Crippen molar-refractivity contribution in [3.05, 3.63) is 64.3 Å². The Morgan fingerprint density at radius 3 is 2.44 bits per heavy atom. The number of halogens is 1. The molecule has 94 valence electrons. The highest BCUT2D eigenvalue weighted by Gasteiger charge is 2.06. The maximum absolute atomic E-state index is 12.9. The largest absolute Gasteiger partial charge is 0.284 e. The number of hydrogen-bond acceptors (Lipinski definition) is 1. The van der Waals surface area contributed by atoms with Crippen molar-refractivity contribution < 1.29 is 4.39 Å². The van der Waals surface area contributed by atoms with Crippen LogP contribution in [0.5, 0.6) is 0 Å². The van der Waals surface area contributed by atoms with E-state index >= 15 is 0 Å². The van der Waals surface area contributed by atoms with Crippen LogP contribution in [0.25, 0.3) is 5.69 Å². The average Bonchev–Trinajstić information content (AvgIpc) is 2.33. The van der Waals surface area contributed by atoms with Gasteiger partial charge in [0.15, 0.2) is 0 Å². The van der Waals surface area contributed by atoms with Gasteiger partial charge in [-0.3, -0.25) is 9.36 Å². The van der Waals surface area contributed by atoms with E-state index in [0.717, 1.165) is 12.0 Å². The monoisotopic (exact) mass is 245 g/mol. The molecule has 0 bridgehead atoms.